The molecule has 1 amide bonds. The molecule has 0 aromatic carbocycles. The molecule has 0 aromatic heterocycles. The van der Waals surface area contributed by atoms with Crippen LogP contribution in [0.4, 0.5) is 0 Å². The maximum atomic E-state index is 12.5. The summed E-state index contributed by atoms with van der Waals surface area (Å²) in [7, 11) is 0. The van der Waals surface area contributed by atoms with Crippen LogP contribution < -0.4 is 5.73 Å². The number of hydrogen-bond acceptors (Lipinski definition) is 3. The Morgan fingerprint density at radius 3 is 2.33 bits per heavy atom. The zero-order chi connectivity index (χ0) is 15.6. The maximum absolute atomic E-state index is 12.5. The van der Waals surface area contributed by atoms with Crippen molar-refractivity contribution in [1.82, 2.24) is 4.90 Å². The van der Waals surface area contributed by atoms with Gasteiger partial charge in [0.25, 0.3) is 0 Å². The molecule has 0 unspecified atom stereocenters. The highest BCUT2D eigenvalue weighted by atomic mass is 16.3. The standard InChI is InChI=1S/C17H34N2O2/c1-2-3-4-5-8-12-19(13-9-14-20)16(21)15-17(18)10-6-7-11-17/h20H,2-15,18H2,1H3. The minimum Gasteiger partial charge on any atom is -0.396 e. The normalized spacial score (nSPS) is 17.1. The predicted molar refractivity (Wildman–Crippen MR) is 87.0 cm³/mol. The summed E-state index contributed by atoms with van der Waals surface area (Å²) in [5.41, 5.74) is 6.06. The smallest absolute Gasteiger partial charge is 0.224 e. The fourth-order valence-corrected chi connectivity index (χ4v) is 3.20. The molecule has 1 fully saturated rings. The van der Waals surface area contributed by atoms with E-state index >= 15 is 0 Å². The predicted octanol–water partition coefficient (Wildman–Crippen LogP) is 2.83. The third-order valence-corrected chi connectivity index (χ3v) is 4.57. The van der Waals surface area contributed by atoms with Crippen LogP contribution >= 0.6 is 0 Å². The summed E-state index contributed by atoms with van der Waals surface area (Å²) in [4.78, 5) is 14.4. The number of amides is 1. The third-order valence-electron chi connectivity index (χ3n) is 4.57. The van der Waals surface area contributed by atoms with Crippen molar-refractivity contribution in [2.24, 2.45) is 5.73 Å². The molecule has 3 N–H and O–H groups in total. The van der Waals surface area contributed by atoms with Gasteiger partial charge in [0.15, 0.2) is 0 Å². The lowest BCUT2D eigenvalue weighted by Crippen LogP contribution is -2.44. The van der Waals surface area contributed by atoms with E-state index in [0.29, 0.717) is 19.4 Å². The lowest BCUT2D eigenvalue weighted by Gasteiger charge is -2.28. The Morgan fingerprint density at radius 1 is 1.10 bits per heavy atom. The van der Waals surface area contributed by atoms with E-state index < -0.39 is 0 Å². The number of carbonyl (C=O) groups excluding carboxylic acids is 1. The molecular weight excluding hydrogens is 264 g/mol. The molecule has 4 heteroatoms. The average Bonchev–Trinajstić information content (AvgIpc) is 2.88. The van der Waals surface area contributed by atoms with Crippen molar-refractivity contribution in [2.45, 2.75) is 83.1 Å². The molecule has 0 atom stereocenters. The van der Waals surface area contributed by atoms with Crippen LogP contribution in [0.2, 0.25) is 0 Å². The highest BCUT2D eigenvalue weighted by Gasteiger charge is 2.33. The molecule has 0 heterocycles. The van der Waals surface area contributed by atoms with Crippen molar-refractivity contribution < 1.29 is 9.90 Å². The van der Waals surface area contributed by atoms with Crippen molar-refractivity contribution in [3.8, 4) is 0 Å². The Morgan fingerprint density at radius 2 is 1.71 bits per heavy atom. The van der Waals surface area contributed by atoms with Gasteiger partial charge in [-0.1, -0.05) is 45.4 Å². The van der Waals surface area contributed by atoms with E-state index in [9.17, 15) is 4.79 Å². The van der Waals surface area contributed by atoms with Gasteiger partial charge in [0, 0.05) is 31.7 Å². The molecule has 0 radical (unpaired) electrons. The quantitative estimate of drug-likeness (QED) is 0.576. The molecule has 1 aliphatic rings. The Balaban J connectivity index is 2.37. The number of nitrogens with zero attached hydrogens (tertiary/aromatic N) is 1. The first-order valence-electron chi connectivity index (χ1n) is 8.79. The van der Waals surface area contributed by atoms with Gasteiger partial charge in [-0.3, -0.25) is 4.79 Å². The molecule has 4 nitrogen and oxygen atoms in total. The van der Waals surface area contributed by atoms with E-state index in [1.165, 1.54) is 25.7 Å². The van der Waals surface area contributed by atoms with Crippen LogP contribution in [0.15, 0.2) is 0 Å². The number of carbonyl (C=O) groups is 1. The Kier molecular flexibility index (Phi) is 8.93. The Bertz CT molecular complexity index is 289. The van der Waals surface area contributed by atoms with Crippen molar-refractivity contribution in [3.05, 3.63) is 0 Å². The molecule has 0 saturated heterocycles. The van der Waals surface area contributed by atoms with Gasteiger partial charge in [-0.15, -0.1) is 0 Å². The summed E-state index contributed by atoms with van der Waals surface area (Å²) >= 11 is 0. The first kappa shape index (κ1) is 18.4. The summed E-state index contributed by atoms with van der Waals surface area (Å²) in [5.74, 6) is 0.184. The molecule has 21 heavy (non-hydrogen) atoms. The number of rotatable bonds is 11. The fraction of sp³-hybridized carbons (Fsp3) is 0.941. The highest BCUT2D eigenvalue weighted by molar-refractivity contribution is 5.77. The number of unbranched alkanes of at least 4 members (excludes halogenated alkanes) is 4. The molecule has 1 saturated carbocycles. The first-order valence-corrected chi connectivity index (χ1v) is 8.79. The summed E-state index contributed by atoms with van der Waals surface area (Å²) in [6.07, 6.45) is 11.4. The summed E-state index contributed by atoms with van der Waals surface area (Å²) < 4.78 is 0. The van der Waals surface area contributed by atoms with Crippen molar-refractivity contribution >= 4 is 5.91 Å². The average molecular weight is 298 g/mol. The number of aliphatic hydroxyl groups excluding tert-OH is 1. The van der Waals surface area contributed by atoms with Crippen LogP contribution in [-0.4, -0.2) is 41.1 Å². The lowest BCUT2D eigenvalue weighted by molar-refractivity contribution is -0.132. The zero-order valence-corrected chi connectivity index (χ0v) is 13.8. The fourth-order valence-electron chi connectivity index (χ4n) is 3.20. The molecule has 0 aromatic rings. The highest BCUT2D eigenvalue weighted by Crippen LogP contribution is 2.30. The van der Waals surface area contributed by atoms with Crippen LogP contribution in [-0.2, 0) is 4.79 Å². The van der Waals surface area contributed by atoms with Gasteiger partial charge in [-0.05, 0) is 25.7 Å². The molecule has 1 rings (SSSR count). The van der Waals surface area contributed by atoms with E-state index in [2.05, 4.69) is 6.92 Å². The maximum Gasteiger partial charge on any atom is 0.224 e. The molecule has 0 aliphatic heterocycles. The van der Waals surface area contributed by atoms with E-state index in [1.807, 2.05) is 4.90 Å². The van der Waals surface area contributed by atoms with Crippen molar-refractivity contribution in [1.29, 1.82) is 0 Å². The zero-order valence-electron chi connectivity index (χ0n) is 13.8. The second-order valence-electron chi connectivity index (χ2n) is 6.62. The van der Waals surface area contributed by atoms with E-state index in [4.69, 9.17) is 10.8 Å². The number of aliphatic hydroxyl groups is 1. The van der Waals surface area contributed by atoms with Crippen LogP contribution in [0, 0.1) is 0 Å². The molecular formula is C17H34N2O2. The second kappa shape index (κ2) is 10.2. The van der Waals surface area contributed by atoms with Crippen molar-refractivity contribution in [3.63, 3.8) is 0 Å². The van der Waals surface area contributed by atoms with Crippen molar-refractivity contribution in [2.75, 3.05) is 19.7 Å². The minimum atomic E-state index is -0.267. The van der Waals surface area contributed by atoms with Gasteiger partial charge >= 0.3 is 0 Å². The van der Waals surface area contributed by atoms with Gasteiger partial charge < -0.3 is 15.7 Å². The lowest BCUT2D eigenvalue weighted by atomic mass is 9.94. The number of nitrogens with two attached hydrogens (primary N) is 1. The Hall–Kier alpha value is -0.610. The Labute approximate surface area is 130 Å². The van der Waals surface area contributed by atoms with Crippen LogP contribution in [0.25, 0.3) is 0 Å². The summed E-state index contributed by atoms with van der Waals surface area (Å²) in [6, 6.07) is 0. The van der Waals surface area contributed by atoms with E-state index in [0.717, 1.165) is 38.6 Å². The van der Waals surface area contributed by atoms with Crippen LogP contribution in [0.3, 0.4) is 0 Å². The molecule has 0 spiro atoms. The first-order chi connectivity index (χ1) is 10.1. The van der Waals surface area contributed by atoms with Gasteiger partial charge in [0.2, 0.25) is 5.91 Å². The SMILES string of the molecule is CCCCCCCN(CCCO)C(=O)CC1(N)CCCC1. The molecule has 1 aliphatic carbocycles. The largest absolute Gasteiger partial charge is 0.396 e. The summed E-state index contributed by atoms with van der Waals surface area (Å²) in [5, 5.41) is 9.01. The second-order valence-corrected chi connectivity index (χ2v) is 6.62. The van der Waals surface area contributed by atoms with Crippen LogP contribution in [0.1, 0.15) is 77.6 Å². The topological polar surface area (TPSA) is 66.6 Å². The molecule has 0 bridgehead atoms. The van der Waals surface area contributed by atoms with Gasteiger partial charge in [-0.25, -0.2) is 0 Å². The van der Waals surface area contributed by atoms with E-state index in [-0.39, 0.29) is 18.1 Å². The van der Waals surface area contributed by atoms with Gasteiger partial charge in [0.05, 0.1) is 0 Å². The molecule has 124 valence electrons. The van der Waals surface area contributed by atoms with Gasteiger partial charge in [0.1, 0.15) is 0 Å². The third kappa shape index (κ3) is 7.28. The minimum absolute atomic E-state index is 0.146. The summed E-state index contributed by atoms with van der Waals surface area (Å²) in [6.45, 7) is 3.84. The van der Waals surface area contributed by atoms with Gasteiger partial charge in [-0.2, -0.15) is 0 Å². The number of hydrogen-bond donors (Lipinski definition) is 2. The monoisotopic (exact) mass is 298 g/mol. The van der Waals surface area contributed by atoms with Crippen LogP contribution in [0.5, 0.6) is 0 Å². The van der Waals surface area contributed by atoms with E-state index in [1.54, 1.807) is 0 Å².